The molecule has 6 atom stereocenters. The maximum absolute atomic E-state index is 10.4. The van der Waals surface area contributed by atoms with E-state index in [9.17, 15) is 15.3 Å². The highest BCUT2D eigenvalue weighted by Gasteiger charge is 2.49. The number of hydrogen-bond acceptors (Lipinski definition) is 7. The fraction of sp³-hybridized carbons (Fsp3) is 1.00. The summed E-state index contributed by atoms with van der Waals surface area (Å²) in [5, 5.41) is 29.9. The van der Waals surface area contributed by atoms with Gasteiger partial charge in [0, 0.05) is 19.8 Å². The third-order valence-corrected chi connectivity index (χ3v) is 4.54. The molecular weight excluding hydrogens is 340 g/mol. The minimum Gasteiger partial charge on any atom is -0.394 e. The summed E-state index contributed by atoms with van der Waals surface area (Å²) >= 11 is 0. The van der Waals surface area contributed by atoms with E-state index in [4.69, 9.17) is 18.9 Å². The molecule has 3 N–H and O–H groups in total. The van der Waals surface area contributed by atoms with Crippen LogP contribution in [0.3, 0.4) is 0 Å². The SMILES string of the molecule is CCCCOC1[C@H](OCCCC)C(C(O)CO)O[C@H](O)[C@H]1OCCCC. The molecule has 0 radical (unpaired) electrons. The van der Waals surface area contributed by atoms with Gasteiger partial charge in [0.15, 0.2) is 6.29 Å². The average Bonchev–Trinajstić information content (AvgIpc) is 2.64. The molecule has 7 nitrogen and oxygen atoms in total. The quantitative estimate of drug-likeness (QED) is 0.395. The number of aliphatic hydroxyl groups excluding tert-OH is 3. The van der Waals surface area contributed by atoms with Gasteiger partial charge in [-0.05, 0) is 19.3 Å². The predicted octanol–water partition coefficient (Wildman–Crippen LogP) is 1.61. The van der Waals surface area contributed by atoms with Crippen LogP contribution in [-0.2, 0) is 18.9 Å². The molecule has 26 heavy (non-hydrogen) atoms. The van der Waals surface area contributed by atoms with Crippen LogP contribution >= 0.6 is 0 Å². The lowest BCUT2D eigenvalue weighted by Crippen LogP contribution is -2.63. The number of aliphatic hydroxyl groups is 3. The number of unbranched alkanes of at least 4 members (excludes halogenated alkanes) is 3. The third kappa shape index (κ3) is 7.38. The standard InChI is InChI=1S/C19H38O7/c1-4-7-10-23-16-15(14(21)13-20)26-19(22)18(25-12-9-6-3)17(16)24-11-8-5-2/h14-22H,4-13H2,1-3H3/t14?,15?,16-,17?,18+,19+/m1/s1. The molecule has 156 valence electrons. The molecular formula is C19H38O7. The monoisotopic (exact) mass is 378 g/mol. The minimum atomic E-state index is -1.24. The first-order valence-corrected chi connectivity index (χ1v) is 10.1. The van der Waals surface area contributed by atoms with Crippen molar-refractivity contribution in [2.75, 3.05) is 26.4 Å². The molecule has 1 saturated heterocycles. The Labute approximate surface area is 157 Å². The van der Waals surface area contributed by atoms with E-state index in [1.54, 1.807) is 0 Å². The van der Waals surface area contributed by atoms with Gasteiger partial charge < -0.3 is 34.3 Å². The number of ether oxygens (including phenoxy) is 4. The summed E-state index contributed by atoms with van der Waals surface area (Å²) in [7, 11) is 0. The zero-order valence-electron chi connectivity index (χ0n) is 16.5. The van der Waals surface area contributed by atoms with Gasteiger partial charge in [-0.25, -0.2) is 0 Å². The topological polar surface area (TPSA) is 97.6 Å². The van der Waals surface area contributed by atoms with Crippen molar-refractivity contribution >= 4 is 0 Å². The Balaban J connectivity index is 2.93. The first-order chi connectivity index (χ1) is 12.6. The summed E-state index contributed by atoms with van der Waals surface area (Å²) in [4.78, 5) is 0. The van der Waals surface area contributed by atoms with E-state index in [0.717, 1.165) is 38.5 Å². The molecule has 1 aliphatic rings. The Kier molecular flexibility index (Phi) is 12.6. The first-order valence-electron chi connectivity index (χ1n) is 10.1. The first kappa shape index (κ1) is 23.8. The highest BCUT2D eigenvalue weighted by Crippen LogP contribution is 2.29. The van der Waals surface area contributed by atoms with Gasteiger partial charge in [-0.2, -0.15) is 0 Å². The molecule has 0 aromatic carbocycles. The van der Waals surface area contributed by atoms with Gasteiger partial charge in [-0.15, -0.1) is 0 Å². The van der Waals surface area contributed by atoms with Gasteiger partial charge in [-0.1, -0.05) is 40.0 Å². The van der Waals surface area contributed by atoms with Crippen molar-refractivity contribution in [1.82, 2.24) is 0 Å². The Bertz CT molecular complexity index is 342. The molecule has 0 spiro atoms. The van der Waals surface area contributed by atoms with E-state index in [-0.39, 0.29) is 0 Å². The van der Waals surface area contributed by atoms with Crippen LogP contribution < -0.4 is 0 Å². The van der Waals surface area contributed by atoms with Crippen LogP contribution in [0.15, 0.2) is 0 Å². The highest BCUT2D eigenvalue weighted by atomic mass is 16.7. The second-order valence-electron chi connectivity index (χ2n) is 6.81. The second-order valence-corrected chi connectivity index (χ2v) is 6.81. The zero-order valence-corrected chi connectivity index (χ0v) is 16.5. The van der Waals surface area contributed by atoms with Gasteiger partial charge in [0.05, 0.1) is 6.61 Å². The van der Waals surface area contributed by atoms with Crippen molar-refractivity contribution < 1.29 is 34.3 Å². The Morgan fingerprint density at radius 3 is 1.73 bits per heavy atom. The molecule has 0 aromatic rings. The number of rotatable bonds is 14. The van der Waals surface area contributed by atoms with Crippen LogP contribution in [0.1, 0.15) is 59.3 Å². The molecule has 0 saturated carbocycles. The van der Waals surface area contributed by atoms with E-state index in [2.05, 4.69) is 20.8 Å². The molecule has 0 amide bonds. The van der Waals surface area contributed by atoms with Crippen LogP contribution in [0, 0.1) is 0 Å². The van der Waals surface area contributed by atoms with E-state index < -0.39 is 43.4 Å². The molecule has 0 aliphatic carbocycles. The maximum Gasteiger partial charge on any atom is 0.184 e. The van der Waals surface area contributed by atoms with Gasteiger partial charge in [0.1, 0.15) is 30.5 Å². The maximum atomic E-state index is 10.4. The fourth-order valence-corrected chi connectivity index (χ4v) is 2.91. The van der Waals surface area contributed by atoms with Gasteiger partial charge in [0.2, 0.25) is 0 Å². The Hall–Kier alpha value is -0.280. The van der Waals surface area contributed by atoms with Crippen molar-refractivity contribution in [3.63, 3.8) is 0 Å². The lowest BCUT2D eigenvalue weighted by Gasteiger charge is -2.45. The molecule has 1 fully saturated rings. The molecule has 3 unspecified atom stereocenters. The highest BCUT2D eigenvalue weighted by molar-refractivity contribution is 4.95. The summed E-state index contributed by atoms with van der Waals surface area (Å²) in [6, 6.07) is 0. The summed E-state index contributed by atoms with van der Waals surface area (Å²) < 4.78 is 23.4. The molecule has 1 aliphatic heterocycles. The predicted molar refractivity (Wildman–Crippen MR) is 97.9 cm³/mol. The normalized spacial score (nSPS) is 30.5. The van der Waals surface area contributed by atoms with Gasteiger partial charge in [-0.3, -0.25) is 0 Å². The number of hydrogen-bond donors (Lipinski definition) is 3. The van der Waals surface area contributed by atoms with Gasteiger partial charge in [0.25, 0.3) is 0 Å². The summed E-state index contributed by atoms with van der Waals surface area (Å²) in [5.74, 6) is 0. The summed E-state index contributed by atoms with van der Waals surface area (Å²) in [5.41, 5.74) is 0. The Morgan fingerprint density at radius 2 is 1.27 bits per heavy atom. The van der Waals surface area contributed by atoms with Crippen molar-refractivity contribution in [2.24, 2.45) is 0 Å². The Morgan fingerprint density at radius 1 is 0.808 bits per heavy atom. The van der Waals surface area contributed by atoms with Crippen LogP contribution in [-0.4, -0.2) is 78.6 Å². The van der Waals surface area contributed by atoms with Crippen LogP contribution in [0.4, 0.5) is 0 Å². The summed E-state index contributed by atoms with van der Waals surface area (Å²) in [6.07, 6.45) is 0.410. The summed E-state index contributed by atoms with van der Waals surface area (Å²) in [6.45, 7) is 7.22. The smallest absolute Gasteiger partial charge is 0.184 e. The molecule has 1 rings (SSSR count). The van der Waals surface area contributed by atoms with E-state index in [1.165, 1.54) is 0 Å². The molecule has 7 heteroatoms. The largest absolute Gasteiger partial charge is 0.394 e. The van der Waals surface area contributed by atoms with Crippen LogP contribution in [0.25, 0.3) is 0 Å². The lowest BCUT2D eigenvalue weighted by molar-refractivity contribution is -0.320. The molecule has 1 heterocycles. The van der Waals surface area contributed by atoms with Crippen molar-refractivity contribution in [3.8, 4) is 0 Å². The fourth-order valence-electron chi connectivity index (χ4n) is 2.91. The van der Waals surface area contributed by atoms with Crippen molar-refractivity contribution in [3.05, 3.63) is 0 Å². The third-order valence-electron chi connectivity index (χ3n) is 4.54. The lowest BCUT2D eigenvalue weighted by atomic mass is 9.94. The van der Waals surface area contributed by atoms with Crippen molar-refractivity contribution in [2.45, 2.75) is 96.1 Å². The zero-order chi connectivity index (χ0) is 19.4. The molecule has 0 bridgehead atoms. The van der Waals surface area contributed by atoms with E-state index in [1.807, 2.05) is 0 Å². The van der Waals surface area contributed by atoms with E-state index in [0.29, 0.717) is 19.8 Å². The van der Waals surface area contributed by atoms with Crippen LogP contribution in [0.2, 0.25) is 0 Å². The minimum absolute atomic E-state index is 0.478. The average molecular weight is 379 g/mol. The second kappa shape index (κ2) is 13.8. The van der Waals surface area contributed by atoms with Crippen molar-refractivity contribution in [1.29, 1.82) is 0 Å². The molecule has 0 aromatic heterocycles. The van der Waals surface area contributed by atoms with E-state index >= 15 is 0 Å². The van der Waals surface area contributed by atoms with Gasteiger partial charge >= 0.3 is 0 Å². The van der Waals surface area contributed by atoms with Crippen LogP contribution in [0.5, 0.6) is 0 Å².